The van der Waals surface area contributed by atoms with Crippen LogP contribution in [0.25, 0.3) is 10.1 Å². The van der Waals surface area contributed by atoms with E-state index in [2.05, 4.69) is 5.32 Å². The van der Waals surface area contributed by atoms with E-state index in [0.29, 0.717) is 10.9 Å². The maximum Gasteiger partial charge on any atom is 0.416 e. The molecule has 0 fully saturated rings. The van der Waals surface area contributed by atoms with E-state index in [1.807, 2.05) is 5.38 Å². The molecule has 1 amide bonds. The molecule has 1 heterocycles. The van der Waals surface area contributed by atoms with Gasteiger partial charge in [-0.15, -0.1) is 11.3 Å². The molecule has 0 unspecified atom stereocenters. The van der Waals surface area contributed by atoms with Gasteiger partial charge in [0.05, 0.1) is 11.1 Å². The molecule has 0 atom stereocenters. The zero-order chi connectivity index (χ0) is 25.3. The van der Waals surface area contributed by atoms with Crippen LogP contribution in [0.4, 0.5) is 13.2 Å². The van der Waals surface area contributed by atoms with Gasteiger partial charge in [0.15, 0.2) is 0 Å². The molecule has 0 saturated carbocycles. The quantitative estimate of drug-likeness (QED) is 0.407. The molecule has 0 aliphatic rings. The first kappa shape index (κ1) is 25.6. The lowest BCUT2D eigenvalue weighted by Crippen LogP contribution is -2.52. The Bertz CT molecular complexity index is 1190. The summed E-state index contributed by atoms with van der Waals surface area (Å²) in [6, 6.07) is 9.82. The van der Waals surface area contributed by atoms with Crippen LogP contribution in [0.3, 0.4) is 0 Å². The van der Waals surface area contributed by atoms with Gasteiger partial charge in [-0.3, -0.25) is 4.79 Å². The molecule has 182 valence electrons. The SMILES string of the molecule is CC(C)(C)OC(=O)C(C)(C)NC(=O)c1ccc2sccc2c1OCc1ccc(C(F)(F)F)cc1. The average molecular weight is 494 g/mol. The summed E-state index contributed by atoms with van der Waals surface area (Å²) in [4.78, 5) is 25.7. The van der Waals surface area contributed by atoms with E-state index in [0.717, 1.165) is 16.8 Å². The second-order valence-electron chi connectivity index (χ2n) is 9.34. The predicted molar refractivity (Wildman–Crippen MR) is 125 cm³/mol. The van der Waals surface area contributed by atoms with Crippen LogP contribution in [-0.2, 0) is 22.3 Å². The number of benzene rings is 2. The Kier molecular flexibility index (Phi) is 6.98. The van der Waals surface area contributed by atoms with Crippen LogP contribution in [0.15, 0.2) is 47.8 Å². The molecule has 0 bridgehead atoms. The van der Waals surface area contributed by atoms with Gasteiger partial charge in [-0.1, -0.05) is 12.1 Å². The van der Waals surface area contributed by atoms with Crippen LogP contribution in [0.2, 0.25) is 0 Å². The van der Waals surface area contributed by atoms with Crippen LogP contribution in [0.1, 0.15) is 56.1 Å². The minimum atomic E-state index is -4.42. The highest BCUT2D eigenvalue weighted by Crippen LogP contribution is 2.35. The Morgan fingerprint density at radius 3 is 2.18 bits per heavy atom. The molecule has 9 heteroatoms. The number of carbonyl (C=O) groups excluding carboxylic acids is 2. The summed E-state index contributed by atoms with van der Waals surface area (Å²) >= 11 is 1.46. The Labute approximate surface area is 199 Å². The maximum atomic E-state index is 13.2. The van der Waals surface area contributed by atoms with Gasteiger partial charge < -0.3 is 14.8 Å². The van der Waals surface area contributed by atoms with Gasteiger partial charge in [-0.05, 0) is 75.9 Å². The van der Waals surface area contributed by atoms with Crippen molar-refractivity contribution in [2.75, 3.05) is 0 Å². The second-order valence-corrected chi connectivity index (χ2v) is 10.3. The van der Waals surface area contributed by atoms with E-state index < -0.39 is 34.8 Å². The Morgan fingerprint density at radius 2 is 1.59 bits per heavy atom. The number of ether oxygens (including phenoxy) is 2. The van der Waals surface area contributed by atoms with Gasteiger partial charge in [0.1, 0.15) is 23.5 Å². The Balaban J connectivity index is 1.85. The highest BCUT2D eigenvalue weighted by atomic mass is 32.1. The number of carbonyl (C=O) groups is 2. The van der Waals surface area contributed by atoms with Gasteiger partial charge in [0.25, 0.3) is 5.91 Å². The Morgan fingerprint density at radius 1 is 0.941 bits per heavy atom. The third-order valence-corrected chi connectivity index (χ3v) is 5.71. The van der Waals surface area contributed by atoms with Crippen molar-refractivity contribution < 1.29 is 32.2 Å². The molecule has 0 spiro atoms. The molecule has 0 saturated heterocycles. The molecule has 3 aromatic rings. The van der Waals surface area contributed by atoms with Gasteiger partial charge in [-0.2, -0.15) is 13.2 Å². The van der Waals surface area contributed by atoms with Crippen molar-refractivity contribution in [2.45, 2.75) is 58.5 Å². The topological polar surface area (TPSA) is 64.6 Å². The largest absolute Gasteiger partial charge is 0.487 e. The fourth-order valence-corrected chi connectivity index (χ4v) is 3.89. The number of thiophene rings is 1. The molecule has 34 heavy (non-hydrogen) atoms. The molecule has 1 N–H and O–H groups in total. The standard InChI is InChI=1S/C25H26F3NO4S/c1-23(2,3)33-22(31)24(4,5)29-21(30)18-10-11-19-17(12-13-34-19)20(18)32-14-15-6-8-16(9-7-15)25(26,27)28/h6-13H,14H2,1-5H3,(H,29,30). The maximum absolute atomic E-state index is 13.2. The first-order valence-electron chi connectivity index (χ1n) is 10.5. The number of hydrogen-bond donors (Lipinski definition) is 1. The number of nitrogens with one attached hydrogen (secondary N) is 1. The van der Waals surface area contributed by atoms with Crippen LogP contribution in [-0.4, -0.2) is 23.0 Å². The molecule has 0 aliphatic carbocycles. The van der Waals surface area contributed by atoms with Crippen molar-refractivity contribution >= 4 is 33.3 Å². The summed E-state index contributed by atoms with van der Waals surface area (Å²) in [5.74, 6) is -0.834. The van der Waals surface area contributed by atoms with Crippen LogP contribution >= 0.6 is 11.3 Å². The van der Waals surface area contributed by atoms with Gasteiger partial charge in [0.2, 0.25) is 0 Å². The number of fused-ring (bicyclic) bond motifs is 1. The minimum Gasteiger partial charge on any atom is -0.487 e. The number of rotatable bonds is 6. The van der Waals surface area contributed by atoms with E-state index >= 15 is 0 Å². The summed E-state index contributed by atoms with van der Waals surface area (Å²) < 4.78 is 50.7. The van der Waals surface area contributed by atoms with E-state index in [9.17, 15) is 22.8 Å². The molecule has 2 aromatic carbocycles. The number of esters is 1. The minimum absolute atomic E-state index is 0.0389. The number of halogens is 3. The van der Waals surface area contributed by atoms with Crippen LogP contribution in [0, 0.1) is 0 Å². The third-order valence-electron chi connectivity index (χ3n) is 4.83. The summed E-state index contributed by atoms with van der Waals surface area (Å²) in [7, 11) is 0. The lowest BCUT2D eigenvalue weighted by Gasteiger charge is -2.29. The third kappa shape index (κ3) is 6.08. The number of alkyl halides is 3. The van der Waals surface area contributed by atoms with Crippen molar-refractivity contribution in [1.82, 2.24) is 5.32 Å². The molecule has 5 nitrogen and oxygen atoms in total. The Hall–Kier alpha value is -3.07. The molecular formula is C25H26F3NO4S. The fourth-order valence-electron chi connectivity index (χ4n) is 3.11. The lowest BCUT2D eigenvalue weighted by molar-refractivity contribution is -0.161. The zero-order valence-electron chi connectivity index (χ0n) is 19.5. The summed E-state index contributed by atoms with van der Waals surface area (Å²) in [6.45, 7) is 8.26. The predicted octanol–water partition coefficient (Wildman–Crippen LogP) is 6.35. The number of hydrogen-bond acceptors (Lipinski definition) is 5. The zero-order valence-corrected chi connectivity index (χ0v) is 20.3. The average Bonchev–Trinajstić information content (AvgIpc) is 3.19. The molecule has 0 aliphatic heterocycles. The van der Waals surface area contributed by atoms with Crippen LogP contribution in [0.5, 0.6) is 5.75 Å². The monoisotopic (exact) mass is 493 g/mol. The van der Waals surface area contributed by atoms with Gasteiger partial charge in [-0.25, -0.2) is 4.79 Å². The summed E-state index contributed by atoms with van der Waals surface area (Å²) in [5, 5.41) is 5.24. The van der Waals surface area contributed by atoms with Crippen molar-refractivity contribution in [3.05, 3.63) is 64.5 Å². The number of amides is 1. The summed E-state index contributed by atoms with van der Waals surface area (Å²) in [6.07, 6.45) is -4.42. The van der Waals surface area contributed by atoms with Crippen molar-refractivity contribution in [3.63, 3.8) is 0 Å². The van der Waals surface area contributed by atoms with Gasteiger partial charge in [0, 0.05) is 10.1 Å². The molecule has 3 rings (SSSR count). The van der Waals surface area contributed by atoms with Crippen molar-refractivity contribution in [1.29, 1.82) is 0 Å². The van der Waals surface area contributed by atoms with E-state index in [1.165, 1.54) is 23.5 Å². The molecule has 1 aromatic heterocycles. The molecular weight excluding hydrogens is 467 g/mol. The lowest BCUT2D eigenvalue weighted by atomic mass is 10.0. The smallest absolute Gasteiger partial charge is 0.416 e. The fraction of sp³-hybridized carbons (Fsp3) is 0.360. The van der Waals surface area contributed by atoms with Crippen molar-refractivity contribution in [3.8, 4) is 5.75 Å². The normalized spacial score (nSPS) is 12.5. The molecule has 0 radical (unpaired) electrons. The van der Waals surface area contributed by atoms with E-state index in [4.69, 9.17) is 9.47 Å². The van der Waals surface area contributed by atoms with Gasteiger partial charge >= 0.3 is 12.1 Å². The highest BCUT2D eigenvalue weighted by molar-refractivity contribution is 7.17. The first-order valence-corrected chi connectivity index (χ1v) is 11.4. The van der Waals surface area contributed by atoms with E-state index in [1.54, 1.807) is 52.8 Å². The van der Waals surface area contributed by atoms with E-state index in [-0.39, 0.29) is 17.9 Å². The summed E-state index contributed by atoms with van der Waals surface area (Å²) in [5.41, 5.74) is -2.06. The first-order chi connectivity index (χ1) is 15.7. The van der Waals surface area contributed by atoms with Crippen molar-refractivity contribution in [2.24, 2.45) is 0 Å². The van der Waals surface area contributed by atoms with Crippen LogP contribution < -0.4 is 10.1 Å². The highest BCUT2D eigenvalue weighted by Gasteiger charge is 2.35. The second kappa shape index (κ2) is 9.29.